The van der Waals surface area contributed by atoms with Crippen molar-refractivity contribution in [3.05, 3.63) is 0 Å². The smallest absolute Gasteiger partial charge is 0.00503 e. The van der Waals surface area contributed by atoms with Crippen LogP contribution in [0.3, 0.4) is 0 Å². The van der Waals surface area contributed by atoms with Gasteiger partial charge in [-0.3, -0.25) is 0 Å². The molecule has 0 heterocycles. The number of fused-ring (bicyclic) bond motifs is 12. The Morgan fingerprint density at radius 1 is 0.250 bits per heavy atom. The maximum atomic E-state index is 1.78. The third-order valence-electron chi connectivity index (χ3n) is 25.9. The Bertz CT molecular complexity index is 1460. The van der Waals surface area contributed by atoms with Crippen LogP contribution in [0.25, 0.3) is 0 Å². The molecule has 21 aliphatic rings. The first kappa shape index (κ1) is 11.4. The van der Waals surface area contributed by atoms with E-state index >= 15 is 0 Å². The molecule has 21 fully saturated rings. The molecule has 21 aliphatic carbocycles. The van der Waals surface area contributed by atoms with Crippen molar-refractivity contribution in [2.24, 2.45) is 160 Å². The largest absolute Gasteiger partial charge is 0.0458 e. The average Bonchev–Trinajstić information content (AvgIpc) is 2.65. The van der Waals surface area contributed by atoms with Gasteiger partial charge in [-0.25, -0.2) is 0 Å². The van der Waals surface area contributed by atoms with E-state index in [4.69, 9.17) is 0 Å². The van der Waals surface area contributed by atoms with Crippen molar-refractivity contribution < 1.29 is 0 Å². The second kappa shape index (κ2) is 1.81. The van der Waals surface area contributed by atoms with Crippen LogP contribution in [0.15, 0.2) is 0 Å². The molecule has 0 aromatic carbocycles. The summed E-state index contributed by atoms with van der Waals surface area (Å²) in [5.74, 6) is 21.8. The van der Waals surface area contributed by atoms with Gasteiger partial charge in [0, 0.05) is 0 Å². The molecule has 24 atom stereocenters. The van der Waals surface area contributed by atoms with Crippen LogP contribution in [0, 0.1) is 160 Å². The van der Waals surface area contributed by atoms with Gasteiger partial charge in [0.2, 0.25) is 0 Å². The maximum Gasteiger partial charge on any atom is -0.00503 e. The summed E-state index contributed by atoms with van der Waals surface area (Å²) in [6.07, 6.45) is 7.14. The summed E-state index contributed by atoms with van der Waals surface area (Å²) in [6, 6.07) is 0. The van der Waals surface area contributed by atoms with E-state index in [1.807, 2.05) is 0 Å². The zero-order chi connectivity index (χ0) is 18.1. The number of hydrogen-bond acceptors (Lipinski definition) is 0. The van der Waals surface area contributed by atoms with Gasteiger partial charge in [0.15, 0.2) is 0 Å². The van der Waals surface area contributed by atoms with Crippen LogP contribution in [-0.2, 0) is 0 Å². The van der Waals surface area contributed by atoms with Gasteiger partial charge in [-0.05, 0) is 185 Å². The minimum absolute atomic E-state index is 1.10. The van der Waals surface area contributed by atoms with Gasteiger partial charge in [0.05, 0.1) is 0 Å². The summed E-state index contributed by atoms with van der Waals surface area (Å²) >= 11 is 0. The fourth-order valence-corrected chi connectivity index (χ4v) is 31.6. The second-order valence-corrected chi connectivity index (χ2v) is 19.9. The van der Waals surface area contributed by atoms with Crippen molar-refractivity contribution >= 4 is 0 Å². The van der Waals surface area contributed by atoms with E-state index in [0.29, 0.717) is 0 Å². The van der Waals surface area contributed by atoms with Gasteiger partial charge in [-0.2, -0.15) is 0 Å². The predicted octanol–water partition coefficient (Wildman–Crippen LogP) is 3.53. The van der Waals surface area contributed by atoms with Crippen LogP contribution in [0.5, 0.6) is 0 Å². The summed E-state index contributed by atoms with van der Waals surface area (Å²) in [5, 5.41) is 0. The monoisotopic (exact) mass is 408 g/mol. The molecule has 0 aromatic rings. The van der Waals surface area contributed by atoms with E-state index in [9.17, 15) is 0 Å². The molecule has 0 nitrogen and oxygen atoms in total. The molecule has 0 aromatic heterocycles. The molecule has 12 spiro atoms. The Morgan fingerprint density at radius 3 is 0.750 bits per heavy atom. The molecule has 152 valence electrons. The van der Waals surface area contributed by atoms with Crippen LogP contribution in [0.2, 0.25) is 0 Å². The van der Waals surface area contributed by atoms with E-state index in [2.05, 4.69) is 0 Å². The Labute approximate surface area is 185 Å². The highest BCUT2D eigenvalue weighted by Gasteiger charge is 3.51. The molecular weight excluding hydrogens is 384 g/mol. The molecule has 0 heteroatoms. The Balaban J connectivity index is 1.04. The summed E-state index contributed by atoms with van der Waals surface area (Å²) < 4.78 is 0. The van der Waals surface area contributed by atoms with E-state index in [0.717, 1.165) is 65.0 Å². The molecule has 24 unspecified atom stereocenters. The first-order valence-corrected chi connectivity index (χ1v) is 15.9. The van der Waals surface area contributed by atoms with Crippen molar-refractivity contribution in [1.29, 1.82) is 0 Å². The van der Waals surface area contributed by atoms with Crippen LogP contribution in [0.1, 0.15) is 25.7 Å². The maximum absolute atomic E-state index is 1.78. The zero-order valence-corrected chi connectivity index (χ0v) is 18.1. The summed E-state index contributed by atoms with van der Waals surface area (Å²) in [4.78, 5) is 0. The van der Waals surface area contributed by atoms with Gasteiger partial charge >= 0.3 is 0 Å². The normalized spacial score (nSPS) is 129. The van der Waals surface area contributed by atoms with Crippen LogP contribution in [0.4, 0.5) is 0 Å². The van der Waals surface area contributed by atoms with Crippen molar-refractivity contribution in [3.8, 4) is 0 Å². The Hall–Kier alpha value is 0. The lowest BCUT2D eigenvalue weighted by molar-refractivity contribution is -1.06. The lowest BCUT2D eigenvalue weighted by atomic mass is 8.52. The van der Waals surface area contributed by atoms with Crippen LogP contribution in [-0.4, -0.2) is 0 Å². The minimum Gasteiger partial charge on any atom is -0.0458 e. The van der Waals surface area contributed by atoms with Crippen LogP contribution >= 0.6 is 0 Å². The lowest BCUT2D eigenvalue weighted by Crippen LogP contribution is -3.49. The second-order valence-electron chi connectivity index (χ2n) is 19.9. The lowest BCUT2D eigenvalue weighted by Gasteiger charge is -3.51. The van der Waals surface area contributed by atoms with Gasteiger partial charge in [0.1, 0.15) is 0 Å². The predicted molar refractivity (Wildman–Crippen MR) is 104 cm³/mol. The summed E-state index contributed by atoms with van der Waals surface area (Å²) in [5.41, 5.74) is 13.4. The van der Waals surface area contributed by atoms with Gasteiger partial charge < -0.3 is 0 Å². The molecule has 0 saturated heterocycles. The van der Waals surface area contributed by atoms with Crippen LogP contribution < -0.4 is 0 Å². The fourth-order valence-electron chi connectivity index (χ4n) is 31.6. The molecule has 0 bridgehead atoms. The quantitative estimate of drug-likeness (QED) is 0.575. The van der Waals surface area contributed by atoms with Crippen molar-refractivity contribution in [2.45, 2.75) is 25.7 Å². The summed E-state index contributed by atoms with van der Waals surface area (Å²) in [7, 11) is 0. The molecule has 0 N–H and O–H groups in total. The molecule has 21 saturated carbocycles. The van der Waals surface area contributed by atoms with Crippen molar-refractivity contribution in [2.75, 3.05) is 0 Å². The summed E-state index contributed by atoms with van der Waals surface area (Å²) in [6.45, 7) is 0. The van der Waals surface area contributed by atoms with E-state index in [1.165, 1.54) is 94.7 Å². The molecule has 0 amide bonds. The van der Waals surface area contributed by atoms with Crippen molar-refractivity contribution in [1.82, 2.24) is 0 Å². The molecule has 32 heavy (non-hydrogen) atoms. The highest BCUT2D eigenvalue weighted by Crippen LogP contribution is 3.52. The highest BCUT2D eigenvalue weighted by molar-refractivity contribution is 5.95. The SMILES string of the molecule is C1C2C3CC4C5C6C7C8C9CC%10C%11CC%12C%13C%14C%15C%16C1C21C34C52C%161C%151C%143C%134C%11%12C%109C84C73C621. The van der Waals surface area contributed by atoms with Gasteiger partial charge in [0.25, 0.3) is 0 Å². The molecular formula is C32H24. The molecule has 21 rings (SSSR count). The standard InChI is InChI=1S/C32H24/c1-5-6-2-10-14-19-20-16-12-4-8-7-3-11-15-18-17-13-9(1)21(5)22(6,10)26(14)25(13,21)29(17)30(18)27(15)23(7,11)24(8,12)28(16,27)32(20,30)31(19,26)29/h5-20H,1-4H2. The van der Waals surface area contributed by atoms with Gasteiger partial charge in [-0.1, -0.05) is 0 Å². The first-order chi connectivity index (χ1) is 15.9. The first-order valence-electron chi connectivity index (χ1n) is 15.9. The Kier molecular flexibility index (Phi) is 0.645. The molecule has 0 aliphatic heterocycles. The van der Waals surface area contributed by atoms with Crippen molar-refractivity contribution in [3.63, 3.8) is 0 Å². The number of rotatable bonds is 0. The Morgan fingerprint density at radius 2 is 0.500 bits per heavy atom. The van der Waals surface area contributed by atoms with E-state index in [-0.39, 0.29) is 0 Å². The molecule has 0 radical (unpaired) electrons. The average molecular weight is 409 g/mol. The fraction of sp³-hybridized carbons (Fsp3) is 1.00. The third kappa shape index (κ3) is 0.273. The topological polar surface area (TPSA) is 0 Å². The van der Waals surface area contributed by atoms with Gasteiger partial charge in [-0.15, -0.1) is 0 Å². The highest BCUT2D eigenvalue weighted by atomic mass is 15.5. The number of hydrogen-bond donors (Lipinski definition) is 0. The minimum atomic E-state index is 1.10. The zero-order valence-electron chi connectivity index (χ0n) is 18.1. The van der Waals surface area contributed by atoms with E-state index in [1.54, 1.807) is 25.7 Å². The van der Waals surface area contributed by atoms with E-state index < -0.39 is 0 Å². The third-order valence-corrected chi connectivity index (χ3v) is 25.9.